The van der Waals surface area contributed by atoms with Gasteiger partial charge in [-0.05, 0) is 6.08 Å². The second kappa shape index (κ2) is 5.14. The number of carbonyl (C=O) groups excluding carboxylic acids is 1. The van der Waals surface area contributed by atoms with Gasteiger partial charge in [-0.15, -0.1) is 0 Å². The predicted octanol–water partition coefficient (Wildman–Crippen LogP) is 0.250. The Morgan fingerprint density at radius 3 is 2.71 bits per heavy atom. The zero-order valence-electron chi connectivity index (χ0n) is 10.2. The van der Waals surface area contributed by atoms with Gasteiger partial charge < -0.3 is 9.47 Å². The first-order valence-electron chi connectivity index (χ1n) is 5.80. The summed E-state index contributed by atoms with van der Waals surface area (Å²) in [5.74, 6) is 1.09. The molecule has 0 radical (unpaired) electrons. The first-order chi connectivity index (χ1) is 8.20. The van der Waals surface area contributed by atoms with Crippen molar-refractivity contribution in [2.45, 2.75) is 6.54 Å². The zero-order chi connectivity index (χ0) is 12.3. The van der Waals surface area contributed by atoms with Gasteiger partial charge in [-0.1, -0.05) is 6.58 Å². The third kappa shape index (κ3) is 2.74. The summed E-state index contributed by atoms with van der Waals surface area (Å²) in [4.78, 5) is 19.9. The summed E-state index contributed by atoms with van der Waals surface area (Å²) in [6.45, 7) is 7.69. The van der Waals surface area contributed by atoms with Crippen LogP contribution in [0.1, 0.15) is 5.82 Å². The largest absolute Gasteiger partial charge is 0.337 e. The van der Waals surface area contributed by atoms with E-state index in [1.165, 1.54) is 6.08 Å². The van der Waals surface area contributed by atoms with Crippen molar-refractivity contribution in [1.29, 1.82) is 0 Å². The summed E-state index contributed by atoms with van der Waals surface area (Å²) >= 11 is 0. The van der Waals surface area contributed by atoms with Gasteiger partial charge >= 0.3 is 0 Å². The molecule has 1 saturated heterocycles. The maximum atomic E-state index is 11.4. The normalized spacial score (nSPS) is 17.1. The number of carbonyl (C=O) groups is 1. The van der Waals surface area contributed by atoms with Gasteiger partial charge in [0, 0.05) is 45.6 Å². The molecule has 0 spiro atoms. The molecule has 0 bridgehead atoms. The lowest BCUT2D eigenvalue weighted by molar-refractivity contribution is -0.127. The molecule has 17 heavy (non-hydrogen) atoms. The van der Waals surface area contributed by atoms with Gasteiger partial charge in [0.15, 0.2) is 0 Å². The maximum absolute atomic E-state index is 11.4. The number of imidazole rings is 1. The van der Waals surface area contributed by atoms with Gasteiger partial charge in [0.05, 0.1) is 6.54 Å². The van der Waals surface area contributed by atoms with Crippen LogP contribution < -0.4 is 0 Å². The number of hydrogen-bond donors (Lipinski definition) is 0. The average molecular weight is 234 g/mol. The Morgan fingerprint density at radius 2 is 2.18 bits per heavy atom. The van der Waals surface area contributed by atoms with Crippen LogP contribution in [0.15, 0.2) is 25.0 Å². The molecule has 1 aromatic rings. The number of rotatable bonds is 3. The van der Waals surface area contributed by atoms with Crippen LogP contribution >= 0.6 is 0 Å². The molecular formula is C12H18N4O. The van der Waals surface area contributed by atoms with Gasteiger partial charge in [-0.25, -0.2) is 4.98 Å². The van der Waals surface area contributed by atoms with Crippen LogP contribution in [0.2, 0.25) is 0 Å². The molecule has 1 amide bonds. The molecule has 0 aliphatic carbocycles. The summed E-state index contributed by atoms with van der Waals surface area (Å²) in [5.41, 5.74) is 0. The number of aromatic nitrogens is 2. The molecule has 5 nitrogen and oxygen atoms in total. The highest BCUT2D eigenvalue weighted by Gasteiger charge is 2.19. The highest BCUT2D eigenvalue weighted by molar-refractivity contribution is 5.87. The summed E-state index contributed by atoms with van der Waals surface area (Å²) in [6.07, 6.45) is 5.15. The lowest BCUT2D eigenvalue weighted by Crippen LogP contribution is -2.48. The second-order valence-corrected chi connectivity index (χ2v) is 4.26. The molecule has 0 atom stereocenters. The summed E-state index contributed by atoms with van der Waals surface area (Å²) in [7, 11) is 2.00. The lowest BCUT2D eigenvalue weighted by atomic mass is 10.3. The minimum Gasteiger partial charge on any atom is -0.337 e. The standard InChI is InChI=1S/C12H18N4O/c1-3-12(17)16-8-6-15(7-9-16)10-11-13-4-5-14(11)2/h3-5H,1,6-10H2,2H3. The maximum Gasteiger partial charge on any atom is 0.246 e. The fraction of sp³-hybridized carbons (Fsp3) is 0.500. The average Bonchev–Trinajstić information content (AvgIpc) is 2.75. The molecule has 1 aromatic heterocycles. The number of hydrogen-bond acceptors (Lipinski definition) is 3. The lowest BCUT2D eigenvalue weighted by Gasteiger charge is -2.33. The van der Waals surface area contributed by atoms with Gasteiger partial charge in [0.2, 0.25) is 5.91 Å². The summed E-state index contributed by atoms with van der Waals surface area (Å²) < 4.78 is 2.03. The van der Waals surface area contributed by atoms with E-state index in [1.807, 2.05) is 28.9 Å². The van der Waals surface area contributed by atoms with Gasteiger partial charge in [0.25, 0.3) is 0 Å². The molecule has 2 heterocycles. The summed E-state index contributed by atoms with van der Waals surface area (Å²) in [6, 6.07) is 0. The van der Waals surface area contributed by atoms with Crippen molar-refractivity contribution >= 4 is 5.91 Å². The minimum atomic E-state index is 0.0293. The first-order valence-corrected chi connectivity index (χ1v) is 5.80. The number of nitrogens with zero attached hydrogens (tertiary/aromatic N) is 4. The van der Waals surface area contributed by atoms with Crippen molar-refractivity contribution in [2.75, 3.05) is 26.2 Å². The van der Waals surface area contributed by atoms with E-state index in [0.29, 0.717) is 0 Å². The van der Waals surface area contributed by atoms with E-state index >= 15 is 0 Å². The van der Waals surface area contributed by atoms with Gasteiger partial charge in [0.1, 0.15) is 5.82 Å². The second-order valence-electron chi connectivity index (χ2n) is 4.26. The zero-order valence-corrected chi connectivity index (χ0v) is 10.2. The molecule has 5 heteroatoms. The minimum absolute atomic E-state index is 0.0293. The molecular weight excluding hydrogens is 216 g/mol. The molecule has 1 aliphatic rings. The Kier molecular flexibility index (Phi) is 3.58. The van der Waals surface area contributed by atoms with E-state index in [2.05, 4.69) is 16.5 Å². The van der Waals surface area contributed by atoms with Crippen LogP contribution in [-0.4, -0.2) is 51.4 Å². The van der Waals surface area contributed by atoms with E-state index in [4.69, 9.17) is 0 Å². The Hall–Kier alpha value is -1.62. The Bertz CT molecular complexity index is 404. The number of piperazine rings is 1. The molecule has 1 fully saturated rings. The quantitative estimate of drug-likeness (QED) is 0.704. The van der Waals surface area contributed by atoms with Crippen LogP contribution in [0.5, 0.6) is 0 Å². The van der Waals surface area contributed by atoms with E-state index < -0.39 is 0 Å². The van der Waals surface area contributed by atoms with Crippen molar-refractivity contribution in [2.24, 2.45) is 7.05 Å². The highest BCUT2D eigenvalue weighted by Crippen LogP contribution is 2.07. The first kappa shape index (κ1) is 11.9. The highest BCUT2D eigenvalue weighted by atomic mass is 16.2. The monoisotopic (exact) mass is 234 g/mol. The third-order valence-electron chi connectivity index (χ3n) is 3.14. The van der Waals surface area contributed by atoms with E-state index in [0.717, 1.165) is 38.5 Å². The Balaban J connectivity index is 1.85. The number of amides is 1. The van der Waals surface area contributed by atoms with Gasteiger partial charge in [-0.2, -0.15) is 0 Å². The van der Waals surface area contributed by atoms with Crippen molar-refractivity contribution < 1.29 is 4.79 Å². The smallest absolute Gasteiger partial charge is 0.246 e. The molecule has 0 aromatic carbocycles. The van der Waals surface area contributed by atoms with E-state index in [-0.39, 0.29) is 5.91 Å². The molecule has 0 unspecified atom stereocenters. The Morgan fingerprint density at radius 1 is 1.47 bits per heavy atom. The SMILES string of the molecule is C=CC(=O)N1CCN(Cc2nccn2C)CC1. The molecule has 2 rings (SSSR count). The van der Waals surface area contributed by atoms with Gasteiger partial charge in [-0.3, -0.25) is 9.69 Å². The molecule has 0 N–H and O–H groups in total. The Labute approximate surface area is 101 Å². The van der Waals surface area contributed by atoms with Crippen molar-refractivity contribution in [3.63, 3.8) is 0 Å². The van der Waals surface area contributed by atoms with Crippen molar-refractivity contribution in [3.8, 4) is 0 Å². The third-order valence-corrected chi connectivity index (χ3v) is 3.14. The van der Waals surface area contributed by atoms with E-state index in [1.54, 1.807) is 0 Å². The summed E-state index contributed by atoms with van der Waals surface area (Å²) in [5, 5.41) is 0. The van der Waals surface area contributed by atoms with Crippen LogP contribution in [0.25, 0.3) is 0 Å². The van der Waals surface area contributed by atoms with Crippen LogP contribution in [0.4, 0.5) is 0 Å². The predicted molar refractivity (Wildman–Crippen MR) is 65.3 cm³/mol. The van der Waals surface area contributed by atoms with Crippen LogP contribution in [0, 0.1) is 0 Å². The molecule has 1 aliphatic heterocycles. The van der Waals surface area contributed by atoms with Crippen molar-refractivity contribution in [1.82, 2.24) is 19.4 Å². The van der Waals surface area contributed by atoms with Crippen LogP contribution in [0.3, 0.4) is 0 Å². The fourth-order valence-corrected chi connectivity index (χ4v) is 2.00. The fourth-order valence-electron chi connectivity index (χ4n) is 2.00. The van der Waals surface area contributed by atoms with Crippen LogP contribution in [-0.2, 0) is 18.4 Å². The molecule has 0 saturated carbocycles. The van der Waals surface area contributed by atoms with E-state index in [9.17, 15) is 4.79 Å². The molecule has 92 valence electrons. The number of aryl methyl sites for hydroxylation is 1. The topological polar surface area (TPSA) is 41.4 Å². The van der Waals surface area contributed by atoms with Crippen molar-refractivity contribution in [3.05, 3.63) is 30.9 Å².